The number of ether oxygens (including phenoxy) is 1. The molecule has 0 bridgehead atoms. The molecule has 0 unspecified atom stereocenters. The van der Waals surface area contributed by atoms with Crippen LogP contribution < -0.4 is 10.2 Å². The van der Waals surface area contributed by atoms with Gasteiger partial charge in [0.05, 0.1) is 36.8 Å². The van der Waals surface area contributed by atoms with Gasteiger partial charge in [-0.15, -0.1) is 0 Å². The van der Waals surface area contributed by atoms with Gasteiger partial charge in [-0.25, -0.2) is 15.0 Å². The first kappa shape index (κ1) is 20.6. The zero-order valence-corrected chi connectivity index (χ0v) is 17.8. The molecule has 0 aliphatic carbocycles. The van der Waals surface area contributed by atoms with Gasteiger partial charge in [-0.2, -0.15) is 4.39 Å². The molecule has 30 heavy (non-hydrogen) atoms. The van der Waals surface area contributed by atoms with Crippen LogP contribution in [0.2, 0.25) is 0 Å². The zero-order valence-electron chi connectivity index (χ0n) is 17.0. The van der Waals surface area contributed by atoms with Crippen LogP contribution in [0.15, 0.2) is 40.0 Å². The van der Waals surface area contributed by atoms with Gasteiger partial charge >= 0.3 is 0 Å². The third-order valence-corrected chi connectivity index (χ3v) is 5.68. The minimum atomic E-state index is -0.488. The standard InChI is InChI=1S/C21H24FN5O2S/c1-14-15(2)29-21(24-14)30-13-17-10-18(27-6-8-28-9-7-27)11-20(26-17)23-12-16-4-3-5-19(22)25-16/h3-5,10-11H,6-9,12-13H2,1-2H3,(H,23,26). The number of pyridine rings is 2. The van der Waals surface area contributed by atoms with Gasteiger partial charge in [0.15, 0.2) is 0 Å². The van der Waals surface area contributed by atoms with Crippen LogP contribution in [0.4, 0.5) is 15.9 Å². The lowest BCUT2D eigenvalue weighted by molar-refractivity contribution is 0.122. The molecule has 158 valence electrons. The number of halogens is 1. The first-order valence-electron chi connectivity index (χ1n) is 9.82. The fraction of sp³-hybridized carbons (Fsp3) is 0.381. The molecule has 0 atom stereocenters. The van der Waals surface area contributed by atoms with E-state index in [2.05, 4.69) is 26.3 Å². The number of thioether (sulfide) groups is 1. The normalized spacial score (nSPS) is 14.2. The second-order valence-corrected chi connectivity index (χ2v) is 7.94. The molecule has 0 radical (unpaired) electrons. The van der Waals surface area contributed by atoms with Crippen LogP contribution in [-0.4, -0.2) is 41.3 Å². The summed E-state index contributed by atoms with van der Waals surface area (Å²) in [5.74, 6) is 1.70. The van der Waals surface area contributed by atoms with Gasteiger partial charge in [0.1, 0.15) is 11.6 Å². The van der Waals surface area contributed by atoms with Crippen molar-refractivity contribution in [2.24, 2.45) is 0 Å². The van der Waals surface area contributed by atoms with Crippen molar-refractivity contribution in [3.05, 3.63) is 59.1 Å². The maximum absolute atomic E-state index is 13.4. The number of aryl methyl sites for hydroxylation is 2. The minimum absolute atomic E-state index is 0.391. The van der Waals surface area contributed by atoms with E-state index in [9.17, 15) is 4.39 Å². The predicted molar refractivity (Wildman–Crippen MR) is 114 cm³/mol. The molecule has 0 saturated carbocycles. The Morgan fingerprint density at radius 3 is 2.67 bits per heavy atom. The smallest absolute Gasteiger partial charge is 0.256 e. The van der Waals surface area contributed by atoms with Crippen LogP contribution in [0.25, 0.3) is 0 Å². The zero-order chi connectivity index (χ0) is 20.9. The summed E-state index contributed by atoms with van der Waals surface area (Å²) in [5, 5.41) is 3.91. The van der Waals surface area contributed by atoms with Crippen LogP contribution >= 0.6 is 11.8 Å². The maximum Gasteiger partial charge on any atom is 0.256 e. The molecule has 4 rings (SSSR count). The van der Waals surface area contributed by atoms with E-state index in [4.69, 9.17) is 14.1 Å². The third-order valence-electron chi connectivity index (χ3n) is 4.82. The Morgan fingerprint density at radius 1 is 1.10 bits per heavy atom. The molecular formula is C21H24FN5O2S. The molecule has 1 aliphatic rings. The molecule has 0 aromatic carbocycles. The Bertz CT molecular complexity index is 987. The third kappa shape index (κ3) is 5.28. The van der Waals surface area contributed by atoms with E-state index in [-0.39, 0.29) is 0 Å². The Hall–Kier alpha value is -2.65. The average molecular weight is 430 g/mol. The Morgan fingerprint density at radius 2 is 1.93 bits per heavy atom. The van der Waals surface area contributed by atoms with E-state index in [0.717, 1.165) is 41.7 Å². The van der Waals surface area contributed by atoms with Crippen LogP contribution in [0.1, 0.15) is 22.8 Å². The molecule has 9 heteroatoms. The summed E-state index contributed by atoms with van der Waals surface area (Å²) in [7, 11) is 0. The Balaban J connectivity index is 1.52. The quantitative estimate of drug-likeness (QED) is 0.447. The van der Waals surface area contributed by atoms with Gasteiger partial charge in [-0.05, 0) is 32.0 Å². The van der Waals surface area contributed by atoms with Crippen LogP contribution in [0.3, 0.4) is 0 Å². The average Bonchev–Trinajstić information content (AvgIpc) is 3.09. The molecule has 3 aromatic heterocycles. The number of hydrogen-bond donors (Lipinski definition) is 1. The van der Waals surface area contributed by atoms with Crippen molar-refractivity contribution in [3.8, 4) is 0 Å². The monoisotopic (exact) mass is 429 g/mol. The molecule has 3 aromatic rings. The highest BCUT2D eigenvalue weighted by Gasteiger charge is 2.15. The lowest BCUT2D eigenvalue weighted by Gasteiger charge is -2.29. The lowest BCUT2D eigenvalue weighted by Crippen LogP contribution is -2.36. The van der Waals surface area contributed by atoms with Crippen molar-refractivity contribution >= 4 is 23.3 Å². The number of oxazole rings is 1. The molecule has 0 amide bonds. The summed E-state index contributed by atoms with van der Waals surface area (Å²) in [5.41, 5.74) is 3.51. The summed E-state index contributed by atoms with van der Waals surface area (Å²) in [4.78, 5) is 15.3. The summed E-state index contributed by atoms with van der Waals surface area (Å²) < 4.78 is 24.5. The molecule has 4 heterocycles. The van der Waals surface area contributed by atoms with Crippen LogP contribution in [0, 0.1) is 19.8 Å². The topological polar surface area (TPSA) is 76.3 Å². The van der Waals surface area contributed by atoms with E-state index in [1.54, 1.807) is 12.1 Å². The molecule has 1 saturated heterocycles. The number of nitrogens with zero attached hydrogens (tertiary/aromatic N) is 4. The number of anilines is 2. The minimum Gasteiger partial charge on any atom is -0.437 e. The molecule has 1 fully saturated rings. The maximum atomic E-state index is 13.4. The van der Waals surface area contributed by atoms with E-state index in [1.165, 1.54) is 17.8 Å². The van der Waals surface area contributed by atoms with E-state index in [0.29, 0.717) is 36.4 Å². The summed E-state index contributed by atoms with van der Waals surface area (Å²) in [6.45, 7) is 7.31. The fourth-order valence-electron chi connectivity index (χ4n) is 3.11. The Labute approximate surface area is 179 Å². The first-order chi connectivity index (χ1) is 14.6. The number of nitrogens with one attached hydrogen (secondary N) is 1. The SMILES string of the molecule is Cc1nc(SCc2cc(N3CCOCC3)cc(NCc3cccc(F)n3)n2)oc1C. The molecule has 0 spiro atoms. The molecular weight excluding hydrogens is 405 g/mol. The second-order valence-electron chi connectivity index (χ2n) is 7.02. The summed E-state index contributed by atoms with van der Waals surface area (Å²) in [6.07, 6.45) is 0. The number of aromatic nitrogens is 3. The van der Waals surface area contributed by atoms with Crippen molar-refractivity contribution in [3.63, 3.8) is 0 Å². The second kappa shape index (κ2) is 9.44. The van der Waals surface area contributed by atoms with Gasteiger partial charge in [0, 0.05) is 30.6 Å². The molecule has 1 aliphatic heterocycles. The van der Waals surface area contributed by atoms with Crippen molar-refractivity contribution in [1.29, 1.82) is 0 Å². The highest BCUT2D eigenvalue weighted by atomic mass is 32.2. The Kier molecular flexibility index (Phi) is 6.49. The van der Waals surface area contributed by atoms with E-state index >= 15 is 0 Å². The van der Waals surface area contributed by atoms with Gasteiger partial charge in [-0.3, -0.25) is 0 Å². The van der Waals surface area contributed by atoms with Crippen molar-refractivity contribution in [2.45, 2.75) is 31.4 Å². The first-order valence-corrected chi connectivity index (χ1v) is 10.8. The molecule has 1 N–H and O–H groups in total. The van der Waals surface area contributed by atoms with Gasteiger partial charge in [0.2, 0.25) is 5.95 Å². The van der Waals surface area contributed by atoms with Gasteiger partial charge < -0.3 is 19.4 Å². The molecule has 7 nitrogen and oxygen atoms in total. The van der Waals surface area contributed by atoms with Crippen molar-refractivity contribution in [1.82, 2.24) is 15.0 Å². The lowest BCUT2D eigenvalue weighted by atomic mass is 10.2. The van der Waals surface area contributed by atoms with Gasteiger partial charge in [-0.1, -0.05) is 17.8 Å². The highest BCUT2D eigenvalue weighted by molar-refractivity contribution is 7.98. The number of rotatable bonds is 7. The summed E-state index contributed by atoms with van der Waals surface area (Å²) in [6, 6.07) is 8.87. The summed E-state index contributed by atoms with van der Waals surface area (Å²) >= 11 is 1.52. The van der Waals surface area contributed by atoms with Crippen LogP contribution in [-0.2, 0) is 17.0 Å². The predicted octanol–water partition coefficient (Wildman–Crippen LogP) is 3.96. The van der Waals surface area contributed by atoms with Crippen molar-refractivity contribution < 1.29 is 13.5 Å². The number of hydrogen-bond acceptors (Lipinski definition) is 8. The highest BCUT2D eigenvalue weighted by Crippen LogP contribution is 2.27. The van der Waals surface area contributed by atoms with Crippen molar-refractivity contribution in [2.75, 3.05) is 36.5 Å². The van der Waals surface area contributed by atoms with Gasteiger partial charge in [0.25, 0.3) is 5.22 Å². The largest absolute Gasteiger partial charge is 0.437 e. The fourth-order valence-corrected chi connectivity index (χ4v) is 3.92. The van der Waals surface area contributed by atoms with E-state index in [1.807, 2.05) is 19.9 Å². The van der Waals surface area contributed by atoms with E-state index < -0.39 is 5.95 Å². The van der Waals surface area contributed by atoms with Crippen LogP contribution in [0.5, 0.6) is 0 Å². The number of morpholine rings is 1.